The summed E-state index contributed by atoms with van der Waals surface area (Å²) < 4.78 is 41.6. The van der Waals surface area contributed by atoms with Gasteiger partial charge in [-0.3, -0.25) is 4.79 Å². The van der Waals surface area contributed by atoms with Crippen LogP contribution in [0.1, 0.15) is 44.8 Å². The molecule has 5 nitrogen and oxygen atoms in total. The molecule has 0 bridgehead atoms. The van der Waals surface area contributed by atoms with E-state index >= 15 is 0 Å². The Hall–Kier alpha value is -1.73. The lowest BCUT2D eigenvalue weighted by Gasteiger charge is -2.42. The lowest BCUT2D eigenvalue weighted by Crippen LogP contribution is -2.49. The zero-order chi connectivity index (χ0) is 18.4. The van der Waals surface area contributed by atoms with Gasteiger partial charge in [0.25, 0.3) is 0 Å². The van der Waals surface area contributed by atoms with E-state index in [2.05, 4.69) is 10.4 Å². The number of amides is 1. The van der Waals surface area contributed by atoms with Gasteiger partial charge < -0.3 is 10.2 Å². The van der Waals surface area contributed by atoms with E-state index in [0.717, 1.165) is 17.5 Å². The standard InChI is InChI=1S/C17H25F3N4O/c1-10(2)16(25)23-6-4-5-12(9-23)13-8-14(17(18,19)20)24-15(21-13)7-11(3)22-24/h7,10,12-14,21H,4-6,8-9H2,1-3H3/t12-,13-,14+/m0/s1. The Morgan fingerprint density at radius 1 is 1.40 bits per heavy atom. The minimum atomic E-state index is -4.34. The number of rotatable bonds is 2. The Kier molecular flexibility index (Phi) is 4.72. The van der Waals surface area contributed by atoms with E-state index in [4.69, 9.17) is 0 Å². The van der Waals surface area contributed by atoms with E-state index in [1.807, 2.05) is 13.8 Å². The molecule has 0 aromatic carbocycles. The Morgan fingerprint density at radius 3 is 2.76 bits per heavy atom. The molecule has 0 saturated carbocycles. The van der Waals surface area contributed by atoms with Crippen LogP contribution in [0.5, 0.6) is 0 Å². The van der Waals surface area contributed by atoms with Gasteiger partial charge in [0.1, 0.15) is 5.82 Å². The summed E-state index contributed by atoms with van der Waals surface area (Å²) in [6.45, 7) is 6.61. The molecule has 2 aliphatic rings. The number of hydrogen-bond acceptors (Lipinski definition) is 3. The Morgan fingerprint density at radius 2 is 2.12 bits per heavy atom. The van der Waals surface area contributed by atoms with Crippen LogP contribution in [-0.4, -0.2) is 45.9 Å². The van der Waals surface area contributed by atoms with Crippen LogP contribution >= 0.6 is 0 Å². The minimum Gasteiger partial charge on any atom is -0.367 e. The fraction of sp³-hybridized carbons (Fsp3) is 0.765. The number of fused-ring (bicyclic) bond motifs is 1. The second kappa shape index (κ2) is 6.53. The van der Waals surface area contributed by atoms with Gasteiger partial charge in [-0.2, -0.15) is 18.3 Å². The summed E-state index contributed by atoms with van der Waals surface area (Å²) in [5.74, 6) is 0.424. The SMILES string of the molecule is Cc1cc2n(n1)[C@@H](C(F)(F)F)C[C@@H]([C@H]1CCCN(C(=O)C(C)C)C1)N2. The number of hydrogen-bond donors (Lipinski definition) is 1. The van der Waals surface area contributed by atoms with Crippen LogP contribution < -0.4 is 5.32 Å². The molecule has 1 saturated heterocycles. The second-order valence-corrected chi connectivity index (χ2v) is 7.50. The van der Waals surface area contributed by atoms with Crippen molar-refractivity contribution in [2.45, 2.75) is 58.3 Å². The van der Waals surface area contributed by atoms with Gasteiger partial charge in [0, 0.05) is 31.1 Å². The van der Waals surface area contributed by atoms with Crippen molar-refractivity contribution in [1.82, 2.24) is 14.7 Å². The molecular weight excluding hydrogens is 333 g/mol. The van der Waals surface area contributed by atoms with Crippen LogP contribution in [0.25, 0.3) is 0 Å². The molecule has 0 spiro atoms. The van der Waals surface area contributed by atoms with Crippen molar-refractivity contribution in [3.8, 4) is 0 Å². The maximum absolute atomic E-state index is 13.5. The third kappa shape index (κ3) is 3.62. The molecule has 8 heteroatoms. The van der Waals surface area contributed by atoms with Gasteiger partial charge in [-0.25, -0.2) is 4.68 Å². The van der Waals surface area contributed by atoms with Crippen LogP contribution in [-0.2, 0) is 4.79 Å². The molecule has 1 aromatic heterocycles. The first-order valence-corrected chi connectivity index (χ1v) is 8.85. The van der Waals surface area contributed by atoms with Gasteiger partial charge >= 0.3 is 6.18 Å². The van der Waals surface area contributed by atoms with Crippen molar-refractivity contribution in [2.24, 2.45) is 11.8 Å². The van der Waals surface area contributed by atoms with Crippen molar-refractivity contribution in [3.05, 3.63) is 11.8 Å². The van der Waals surface area contributed by atoms with E-state index in [9.17, 15) is 18.0 Å². The summed E-state index contributed by atoms with van der Waals surface area (Å²) in [6.07, 6.45) is -2.73. The third-order valence-electron chi connectivity index (χ3n) is 5.17. The topological polar surface area (TPSA) is 50.2 Å². The highest BCUT2D eigenvalue weighted by Crippen LogP contribution is 2.42. The first-order chi connectivity index (χ1) is 11.7. The van der Waals surface area contributed by atoms with Gasteiger partial charge in [0.2, 0.25) is 5.91 Å². The molecule has 0 radical (unpaired) electrons. The normalized spacial score (nSPS) is 27.2. The van der Waals surface area contributed by atoms with Crippen molar-refractivity contribution in [2.75, 3.05) is 18.4 Å². The Balaban J connectivity index is 1.80. The summed E-state index contributed by atoms with van der Waals surface area (Å²) >= 11 is 0. The fourth-order valence-electron chi connectivity index (χ4n) is 3.94. The van der Waals surface area contributed by atoms with Crippen LogP contribution in [0, 0.1) is 18.8 Å². The average molecular weight is 358 g/mol. The number of carbonyl (C=O) groups excluding carboxylic acids is 1. The predicted octanol–water partition coefficient (Wildman–Crippen LogP) is 3.37. The number of aromatic nitrogens is 2. The molecule has 0 unspecified atom stereocenters. The van der Waals surface area contributed by atoms with Crippen LogP contribution in [0.3, 0.4) is 0 Å². The Bertz CT molecular complexity index is 640. The first kappa shape index (κ1) is 18.1. The number of aryl methyl sites for hydroxylation is 1. The van der Waals surface area contributed by atoms with Gasteiger partial charge in [-0.05, 0) is 32.1 Å². The lowest BCUT2D eigenvalue weighted by atomic mass is 9.85. The summed E-state index contributed by atoms with van der Waals surface area (Å²) in [4.78, 5) is 14.1. The summed E-state index contributed by atoms with van der Waals surface area (Å²) in [5, 5.41) is 7.26. The van der Waals surface area contributed by atoms with Crippen molar-refractivity contribution in [3.63, 3.8) is 0 Å². The molecule has 0 aliphatic carbocycles. The molecule has 1 amide bonds. The summed E-state index contributed by atoms with van der Waals surface area (Å²) in [5.41, 5.74) is 0.567. The number of carbonyl (C=O) groups is 1. The summed E-state index contributed by atoms with van der Waals surface area (Å²) in [6, 6.07) is -0.262. The zero-order valence-corrected chi connectivity index (χ0v) is 14.8. The molecule has 3 atom stereocenters. The third-order valence-corrected chi connectivity index (χ3v) is 5.17. The molecule has 2 aliphatic heterocycles. The van der Waals surface area contributed by atoms with Gasteiger partial charge in [0.15, 0.2) is 6.04 Å². The van der Waals surface area contributed by atoms with E-state index in [0.29, 0.717) is 24.6 Å². The number of likely N-dealkylation sites (tertiary alicyclic amines) is 1. The number of nitrogens with one attached hydrogen (secondary N) is 1. The van der Waals surface area contributed by atoms with E-state index in [-0.39, 0.29) is 30.2 Å². The molecule has 1 N–H and O–H groups in total. The smallest absolute Gasteiger partial charge is 0.367 e. The average Bonchev–Trinajstić information content (AvgIpc) is 2.92. The summed E-state index contributed by atoms with van der Waals surface area (Å²) in [7, 11) is 0. The van der Waals surface area contributed by atoms with Crippen LogP contribution in [0.15, 0.2) is 6.07 Å². The van der Waals surface area contributed by atoms with E-state index < -0.39 is 12.2 Å². The molecule has 140 valence electrons. The van der Waals surface area contributed by atoms with Gasteiger partial charge in [-0.1, -0.05) is 13.8 Å². The number of halogens is 3. The predicted molar refractivity (Wildman–Crippen MR) is 88.2 cm³/mol. The number of anilines is 1. The maximum atomic E-state index is 13.5. The van der Waals surface area contributed by atoms with Gasteiger partial charge in [0.05, 0.1) is 5.69 Å². The quantitative estimate of drug-likeness (QED) is 0.882. The first-order valence-electron chi connectivity index (χ1n) is 8.85. The van der Waals surface area contributed by atoms with E-state index in [1.165, 1.54) is 0 Å². The van der Waals surface area contributed by atoms with E-state index in [1.54, 1.807) is 17.9 Å². The second-order valence-electron chi connectivity index (χ2n) is 7.50. The van der Waals surface area contributed by atoms with Crippen molar-refractivity contribution in [1.29, 1.82) is 0 Å². The number of nitrogens with zero attached hydrogens (tertiary/aromatic N) is 3. The van der Waals surface area contributed by atoms with Crippen molar-refractivity contribution < 1.29 is 18.0 Å². The monoisotopic (exact) mass is 358 g/mol. The highest BCUT2D eigenvalue weighted by atomic mass is 19.4. The van der Waals surface area contributed by atoms with Crippen LogP contribution in [0.4, 0.5) is 19.0 Å². The largest absolute Gasteiger partial charge is 0.410 e. The molecular formula is C17H25F3N4O. The molecule has 1 fully saturated rings. The highest BCUT2D eigenvalue weighted by Gasteiger charge is 2.47. The minimum absolute atomic E-state index is 0.0188. The molecule has 25 heavy (non-hydrogen) atoms. The lowest BCUT2D eigenvalue weighted by molar-refractivity contribution is -0.175. The van der Waals surface area contributed by atoms with Gasteiger partial charge in [-0.15, -0.1) is 0 Å². The van der Waals surface area contributed by atoms with Crippen LogP contribution in [0.2, 0.25) is 0 Å². The number of alkyl halides is 3. The highest BCUT2D eigenvalue weighted by molar-refractivity contribution is 5.78. The molecule has 3 heterocycles. The molecule has 3 rings (SSSR count). The molecule has 1 aromatic rings. The van der Waals surface area contributed by atoms with Crippen molar-refractivity contribution >= 4 is 11.7 Å². The number of piperidine rings is 1. The maximum Gasteiger partial charge on any atom is 0.410 e. The zero-order valence-electron chi connectivity index (χ0n) is 14.8. The Labute approximate surface area is 145 Å². The fourth-order valence-corrected chi connectivity index (χ4v) is 3.94.